The minimum absolute atomic E-state index is 0.0482. The van der Waals surface area contributed by atoms with Crippen LogP contribution < -0.4 is 10.5 Å². The molecule has 0 aliphatic carbocycles. The van der Waals surface area contributed by atoms with Crippen LogP contribution in [0.3, 0.4) is 0 Å². The van der Waals surface area contributed by atoms with E-state index in [1.54, 1.807) is 0 Å². The smallest absolute Gasteiger partial charge is 0.400 e. The predicted molar refractivity (Wildman–Crippen MR) is 47.1 cm³/mol. The van der Waals surface area contributed by atoms with Crippen molar-refractivity contribution >= 4 is 17.3 Å². The Bertz CT molecular complexity index is 343. The summed E-state index contributed by atoms with van der Waals surface area (Å²) in [5.41, 5.74) is 5.02. The molecule has 84 valence electrons. The first-order valence-corrected chi connectivity index (χ1v) is 4.26. The fourth-order valence-electron chi connectivity index (χ4n) is 0.974. The molecule has 0 spiro atoms. The van der Waals surface area contributed by atoms with Gasteiger partial charge in [-0.2, -0.15) is 0 Å². The van der Waals surface area contributed by atoms with E-state index in [-0.39, 0.29) is 11.4 Å². The molecule has 1 aromatic rings. The molecule has 0 bridgehead atoms. The highest BCUT2D eigenvalue weighted by Crippen LogP contribution is 2.32. The number of hydrogen-bond donors (Lipinski definition) is 1. The van der Waals surface area contributed by atoms with Gasteiger partial charge in [-0.05, 0) is 17.7 Å². The van der Waals surface area contributed by atoms with Crippen molar-refractivity contribution in [1.29, 1.82) is 0 Å². The topological polar surface area (TPSA) is 35.2 Å². The summed E-state index contributed by atoms with van der Waals surface area (Å²) < 4.78 is 51.9. The Hall–Kier alpha value is -1.17. The Balaban J connectivity index is 3.09. The maximum Gasteiger partial charge on any atom is 0.573 e. The summed E-state index contributed by atoms with van der Waals surface area (Å²) in [7, 11) is 0. The zero-order chi connectivity index (χ0) is 11.6. The molecule has 0 radical (unpaired) electrons. The molecular weight excluding hydrogens is 238 g/mol. The zero-order valence-corrected chi connectivity index (χ0v) is 7.99. The van der Waals surface area contributed by atoms with Gasteiger partial charge in [0.05, 0.1) is 5.69 Å². The molecule has 7 heteroatoms. The lowest BCUT2D eigenvalue weighted by atomic mass is 10.2. The highest BCUT2D eigenvalue weighted by Gasteiger charge is 2.33. The number of nitrogen functional groups attached to an aromatic ring is 1. The summed E-state index contributed by atoms with van der Waals surface area (Å²) in [4.78, 5) is 0. The van der Waals surface area contributed by atoms with E-state index in [1.165, 1.54) is 0 Å². The lowest BCUT2D eigenvalue weighted by molar-refractivity contribution is -0.275. The van der Waals surface area contributed by atoms with Gasteiger partial charge in [0, 0.05) is 5.88 Å². The van der Waals surface area contributed by atoms with E-state index >= 15 is 0 Å². The van der Waals surface area contributed by atoms with E-state index in [1.807, 2.05) is 0 Å². The summed E-state index contributed by atoms with van der Waals surface area (Å²) in [6, 6.07) is 1.96. The highest BCUT2D eigenvalue weighted by molar-refractivity contribution is 6.17. The molecule has 2 N–H and O–H groups in total. The van der Waals surface area contributed by atoms with Gasteiger partial charge in [0.2, 0.25) is 0 Å². The standard InChI is InChI=1S/C8H6ClF4NO/c9-3-4-1-5(10)7(6(14)2-4)15-8(11,12)13/h1-2H,3,14H2. The van der Waals surface area contributed by atoms with Crippen molar-refractivity contribution in [2.75, 3.05) is 5.73 Å². The van der Waals surface area contributed by atoms with Gasteiger partial charge in [0.25, 0.3) is 0 Å². The third-order valence-electron chi connectivity index (χ3n) is 1.50. The van der Waals surface area contributed by atoms with Crippen LogP contribution in [0.15, 0.2) is 12.1 Å². The summed E-state index contributed by atoms with van der Waals surface area (Å²) in [6.07, 6.45) is -4.97. The van der Waals surface area contributed by atoms with Crippen molar-refractivity contribution in [3.05, 3.63) is 23.5 Å². The van der Waals surface area contributed by atoms with Crippen molar-refractivity contribution < 1.29 is 22.3 Å². The van der Waals surface area contributed by atoms with Gasteiger partial charge in [0.1, 0.15) is 0 Å². The Morgan fingerprint density at radius 3 is 2.33 bits per heavy atom. The van der Waals surface area contributed by atoms with E-state index < -0.39 is 23.6 Å². The van der Waals surface area contributed by atoms with Crippen LogP contribution in [0.2, 0.25) is 0 Å². The van der Waals surface area contributed by atoms with E-state index in [2.05, 4.69) is 4.74 Å². The second kappa shape index (κ2) is 4.14. The molecule has 1 rings (SSSR count). The number of ether oxygens (including phenoxy) is 1. The van der Waals surface area contributed by atoms with Crippen LogP contribution in [-0.4, -0.2) is 6.36 Å². The second-order valence-corrected chi connectivity index (χ2v) is 2.94. The summed E-state index contributed by atoms with van der Waals surface area (Å²) in [6.45, 7) is 0. The molecule has 0 aliphatic heterocycles. The Kier molecular flexibility index (Phi) is 3.28. The summed E-state index contributed by atoms with van der Waals surface area (Å²) in [5, 5.41) is 0. The largest absolute Gasteiger partial charge is 0.573 e. The van der Waals surface area contributed by atoms with Crippen LogP contribution in [0.4, 0.5) is 23.2 Å². The van der Waals surface area contributed by atoms with Crippen LogP contribution in [0.25, 0.3) is 0 Å². The molecule has 0 atom stereocenters. The molecule has 2 nitrogen and oxygen atoms in total. The molecule has 1 aromatic carbocycles. The number of halogens is 5. The maximum absolute atomic E-state index is 13.1. The predicted octanol–water partition coefficient (Wildman–Crippen LogP) is 3.05. The summed E-state index contributed by atoms with van der Waals surface area (Å²) >= 11 is 5.37. The van der Waals surface area contributed by atoms with E-state index in [0.29, 0.717) is 0 Å². The van der Waals surface area contributed by atoms with E-state index in [4.69, 9.17) is 17.3 Å². The molecular formula is C8H6ClF4NO. The molecule has 0 amide bonds. The summed E-state index contributed by atoms with van der Waals surface area (Å²) in [5.74, 6) is -2.27. The fraction of sp³-hybridized carbons (Fsp3) is 0.250. The molecule has 0 aromatic heterocycles. The first-order chi connectivity index (χ1) is 6.83. The highest BCUT2D eigenvalue weighted by atomic mass is 35.5. The number of benzene rings is 1. The lowest BCUT2D eigenvalue weighted by Crippen LogP contribution is -2.19. The Morgan fingerprint density at radius 1 is 1.33 bits per heavy atom. The molecule has 0 aliphatic rings. The van der Waals surface area contributed by atoms with Crippen molar-refractivity contribution in [2.24, 2.45) is 0 Å². The number of alkyl halides is 4. The lowest BCUT2D eigenvalue weighted by Gasteiger charge is -2.12. The van der Waals surface area contributed by atoms with Gasteiger partial charge in [-0.25, -0.2) is 4.39 Å². The van der Waals surface area contributed by atoms with Gasteiger partial charge in [-0.1, -0.05) is 0 Å². The average molecular weight is 244 g/mol. The van der Waals surface area contributed by atoms with Crippen LogP contribution in [-0.2, 0) is 5.88 Å². The van der Waals surface area contributed by atoms with E-state index in [0.717, 1.165) is 12.1 Å². The average Bonchev–Trinajstić information content (AvgIpc) is 2.09. The van der Waals surface area contributed by atoms with Crippen molar-refractivity contribution in [3.63, 3.8) is 0 Å². The van der Waals surface area contributed by atoms with E-state index in [9.17, 15) is 17.6 Å². The Labute approximate surface area is 87.6 Å². The Morgan fingerprint density at radius 2 is 1.93 bits per heavy atom. The molecule has 15 heavy (non-hydrogen) atoms. The van der Waals surface area contributed by atoms with Crippen molar-refractivity contribution in [2.45, 2.75) is 12.2 Å². The quantitative estimate of drug-likeness (QED) is 0.492. The van der Waals surface area contributed by atoms with Crippen molar-refractivity contribution in [3.8, 4) is 5.75 Å². The number of anilines is 1. The maximum atomic E-state index is 13.1. The number of rotatable bonds is 2. The number of nitrogens with two attached hydrogens (primary N) is 1. The molecule has 0 saturated heterocycles. The monoisotopic (exact) mass is 243 g/mol. The van der Waals surface area contributed by atoms with Gasteiger partial charge < -0.3 is 10.5 Å². The van der Waals surface area contributed by atoms with Crippen LogP contribution >= 0.6 is 11.6 Å². The van der Waals surface area contributed by atoms with Gasteiger partial charge in [-0.3, -0.25) is 0 Å². The van der Waals surface area contributed by atoms with Gasteiger partial charge in [-0.15, -0.1) is 24.8 Å². The van der Waals surface area contributed by atoms with Crippen LogP contribution in [0.5, 0.6) is 5.75 Å². The van der Waals surface area contributed by atoms with Crippen molar-refractivity contribution in [1.82, 2.24) is 0 Å². The van der Waals surface area contributed by atoms with Crippen LogP contribution in [0, 0.1) is 5.82 Å². The molecule has 0 heterocycles. The van der Waals surface area contributed by atoms with Gasteiger partial charge >= 0.3 is 6.36 Å². The zero-order valence-electron chi connectivity index (χ0n) is 7.24. The minimum Gasteiger partial charge on any atom is -0.400 e. The molecule has 0 saturated carbocycles. The molecule has 0 unspecified atom stereocenters. The third-order valence-corrected chi connectivity index (χ3v) is 1.81. The first kappa shape index (κ1) is 11.9. The third kappa shape index (κ3) is 3.16. The fourth-order valence-corrected chi connectivity index (χ4v) is 1.13. The SMILES string of the molecule is Nc1cc(CCl)cc(F)c1OC(F)(F)F. The normalized spacial score (nSPS) is 11.5. The first-order valence-electron chi connectivity index (χ1n) is 3.73. The van der Waals surface area contributed by atoms with Crippen LogP contribution in [0.1, 0.15) is 5.56 Å². The number of hydrogen-bond acceptors (Lipinski definition) is 2. The molecule has 0 fully saturated rings. The minimum atomic E-state index is -4.97. The van der Waals surface area contributed by atoms with Gasteiger partial charge in [0.15, 0.2) is 11.6 Å². The second-order valence-electron chi connectivity index (χ2n) is 2.68.